The van der Waals surface area contributed by atoms with Crippen LogP contribution in [0.5, 0.6) is 0 Å². The summed E-state index contributed by atoms with van der Waals surface area (Å²) in [5.74, 6) is -0.749. The molecule has 3 aromatic rings. The maximum atomic E-state index is 13.6. The minimum Gasteiger partial charge on any atom is -0.450 e. The summed E-state index contributed by atoms with van der Waals surface area (Å²) in [6.07, 6.45) is 0. The predicted molar refractivity (Wildman–Crippen MR) is 98.2 cm³/mol. The van der Waals surface area contributed by atoms with E-state index >= 15 is 0 Å². The summed E-state index contributed by atoms with van der Waals surface area (Å²) in [6.45, 7) is 1.12. The van der Waals surface area contributed by atoms with E-state index in [2.05, 4.69) is 0 Å². The van der Waals surface area contributed by atoms with Crippen LogP contribution in [0.25, 0.3) is 11.0 Å². The van der Waals surface area contributed by atoms with Crippen LogP contribution in [0.4, 0.5) is 4.39 Å². The van der Waals surface area contributed by atoms with E-state index in [1.165, 1.54) is 29.5 Å². The van der Waals surface area contributed by atoms with Gasteiger partial charge >= 0.3 is 0 Å². The third-order valence-electron chi connectivity index (χ3n) is 4.53. The van der Waals surface area contributed by atoms with Gasteiger partial charge in [0.15, 0.2) is 5.43 Å². The number of halogens is 1. The normalized spacial score (nSPS) is 16.7. The van der Waals surface area contributed by atoms with E-state index in [1.54, 1.807) is 4.90 Å². The Hall–Kier alpha value is -2.51. The third kappa shape index (κ3) is 2.64. The zero-order chi connectivity index (χ0) is 18.4. The molecule has 0 radical (unpaired) electrons. The van der Waals surface area contributed by atoms with Gasteiger partial charge in [-0.3, -0.25) is 9.59 Å². The topological polar surface area (TPSA) is 53.8 Å². The van der Waals surface area contributed by atoms with Crippen molar-refractivity contribution >= 4 is 28.2 Å². The first kappa shape index (κ1) is 16.9. The molecule has 1 atom stereocenters. The van der Waals surface area contributed by atoms with Gasteiger partial charge in [-0.05, 0) is 43.7 Å². The van der Waals surface area contributed by atoms with Gasteiger partial charge in [-0.15, -0.1) is 11.3 Å². The molecule has 1 amide bonds. The minimum atomic E-state index is -0.508. The minimum absolute atomic E-state index is 0.0614. The first-order valence-electron chi connectivity index (χ1n) is 8.22. The standard InChI is InChI=1S/C19H17FN2O3S/c1-21(2)7-8-22-16(14-4-3-9-26-14)15-17(23)12-10-11(20)5-6-13(12)25-18(15)19(22)24/h3-6,9-10,16H,7-8H2,1-2H3/t16-/m0/s1. The van der Waals surface area contributed by atoms with Crippen molar-refractivity contribution in [3.8, 4) is 0 Å². The lowest BCUT2D eigenvalue weighted by Crippen LogP contribution is -2.35. The molecular weight excluding hydrogens is 355 g/mol. The Morgan fingerprint density at radius 1 is 1.27 bits per heavy atom. The molecule has 0 unspecified atom stereocenters. The zero-order valence-electron chi connectivity index (χ0n) is 14.4. The monoisotopic (exact) mass is 372 g/mol. The number of hydrogen-bond acceptors (Lipinski definition) is 5. The van der Waals surface area contributed by atoms with Gasteiger partial charge in [0, 0.05) is 18.0 Å². The van der Waals surface area contributed by atoms with Gasteiger partial charge < -0.3 is 14.2 Å². The number of amides is 1. The quantitative estimate of drug-likeness (QED) is 0.706. The van der Waals surface area contributed by atoms with Crippen LogP contribution in [-0.2, 0) is 0 Å². The van der Waals surface area contributed by atoms with E-state index in [4.69, 9.17) is 4.42 Å². The molecule has 7 heteroatoms. The largest absolute Gasteiger partial charge is 0.450 e. The summed E-state index contributed by atoms with van der Waals surface area (Å²) in [5.41, 5.74) is 0.178. The Kier molecular flexibility index (Phi) is 4.13. The van der Waals surface area contributed by atoms with Gasteiger partial charge in [0.05, 0.1) is 17.0 Å². The van der Waals surface area contributed by atoms with Crippen molar-refractivity contribution in [1.82, 2.24) is 9.80 Å². The highest BCUT2D eigenvalue weighted by molar-refractivity contribution is 7.10. The van der Waals surface area contributed by atoms with Crippen LogP contribution in [0.3, 0.4) is 0 Å². The van der Waals surface area contributed by atoms with Crippen LogP contribution < -0.4 is 5.43 Å². The molecule has 0 spiro atoms. The molecule has 0 N–H and O–H groups in total. The Balaban J connectivity index is 1.94. The Morgan fingerprint density at radius 2 is 2.08 bits per heavy atom. The number of rotatable bonds is 4. The van der Waals surface area contributed by atoms with Crippen molar-refractivity contribution in [2.75, 3.05) is 27.2 Å². The second-order valence-corrected chi connectivity index (χ2v) is 7.51. The average molecular weight is 372 g/mol. The second kappa shape index (κ2) is 6.34. The molecule has 3 heterocycles. The SMILES string of the molecule is CN(C)CCN1C(=O)c2oc3ccc(F)cc3c(=O)c2[C@@H]1c1cccs1. The van der Waals surface area contributed by atoms with E-state index in [9.17, 15) is 14.0 Å². The van der Waals surface area contributed by atoms with Crippen LogP contribution in [0, 0.1) is 5.82 Å². The maximum absolute atomic E-state index is 13.6. The fraction of sp³-hybridized carbons (Fsp3) is 0.263. The van der Waals surface area contributed by atoms with Crippen LogP contribution in [-0.4, -0.2) is 42.9 Å². The summed E-state index contributed by atoms with van der Waals surface area (Å²) < 4.78 is 19.4. The van der Waals surface area contributed by atoms with E-state index in [1.807, 2.05) is 36.5 Å². The van der Waals surface area contributed by atoms with Gasteiger partial charge in [0.1, 0.15) is 11.4 Å². The van der Waals surface area contributed by atoms with Gasteiger partial charge in [0.25, 0.3) is 5.91 Å². The number of likely N-dealkylation sites (N-methyl/N-ethyl adjacent to an activating group) is 1. The molecule has 4 rings (SSSR count). The molecule has 0 saturated heterocycles. The first-order valence-corrected chi connectivity index (χ1v) is 9.10. The lowest BCUT2D eigenvalue weighted by atomic mass is 10.0. The van der Waals surface area contributed by atoms with Crippen LogP contribution in [0.1, 0.15) is 27.0 Å². The van der Waals surface area contributed by atoms with Gasteiger partial charge in [-0.25, -0.2) is 4.39 Å². The molecule has 134 valence electrons. The summed E-state index contributed by atoms with van der Waals surface area (Å²) >= 11 is 1.48. The highest BCUT2D eigenvalue weighted by Crippen LogP contribution is 2.39. The van der Waals surface area contributed by atoms with Crippen molar-refractivity contribution in [2.45, 2.75) is 6.04 Å². The molecule has 1 aliphatic heterocycles. The molecule has 1 aromatic carbocycles. The highest BCUT2D eigenvalue weighted by atomic mass is 32.1. The molecule has 1 aliphatic rings. The Labute approximate surface area is 153 Å². The molecular formula is C19H17FN2O3S. The lowest BCUT2D eigenvalue weighted by molar-refractivity contribution is 0.0718. The lowest BCUT2D eigenvalue weighted by Gasteiger charge is -2.25. The fourth-order valence-electron chi connectivity index (χ4n) is 3.27. The molecule has 26 heavy (non-hydrogen) atoms. The third-order valence-corrected chi connectivity index (χ3v) is 5.45. The molecule has 0 saturated carbocycles. The van der Waals surface area contributed by atoms with Gasteiger partial charge in [0.2, 0.25) is 5.76 Å². The van der Waals surface area contributed by atoms with Crippen molar-refractivity contribution in [2.24, 2.45) is 0 Å². The first-order chi connectivity index (χ1) is 12.5. The zero-order valence-corrected chi connectivity index (χ0v) is 15.2. The number of carbonyl (C=O) groups is 1. The molecule has 5 nitrogen and oxygen atoms in total. The average Bonchev–Trinajstić information content (AvgIpc) is 3.21. The molecule has 0 fully saturated rings. The van der Waals surface area contributed by atoms with E-state index in [-0.39, 0.29) is 28.1 Å². The summed E-state index contributed by atoms with van der Waals surface area (Å²) in [7, 11) is 3.85. The van der Waals surface area contributed by atoms with Crippen molar-refractivity contribution in [3.63, 3.8) is 0 Å². The second-order valence-electron chi connectivity index (χ2n) is 6.53. The Bertz CT molecular complexity index is 1040. The molecule has 0 bridgehead atoms. The summed E-state index contributed by atoms with van der Waals surface area (Å²) in [5, 5.41) is 2.07. The van der Waals surface area contributed by atoms with Crippen molar-refractivity contribution in [3.05, 3.63) is 68.0 Å². The summed E-state index contributed by atoms with van der Waals surface area (Å²) in [6, 6.07) is 7.06. The number of carbonyl (C=O) groups excluding carboxylic acids is 1. The van der Waals surface area contributed by atoms with E-state index < -0.39 is 11.9 Å². The van der Waals surface area contributed by atoms with Crippen molar-refractivity contribution < 1.29 is 13.6 Å². The van der Waals surface area contributed by atoms with Crippen LogP contribution >= 0.6 is 11.3 Å². The molecule has 2 aromatic heterocycles. The number of thiophene rings is 1. The summed E-state index contributed by atoms with van der Waals surface area (Å²) in [4.78, 5) is 30.6. The van der Waals surface area contributed by atoms with Crippen LogP contribution in [0.15, 0.2) is 44.9 Å². The predicted octanol–water partition coefficient (Wildman–Crippen LogP) is 3.10. The number of nitrogens with zero attached hydrogens (tertiary/aromatic N) is 2. The number of fused-ring (bicyclic) bond motifs is 2. The highest BCUT2D eigenvalue weighted by Gasteiger charge is 2.42. The smallest absolute Gasteiger partial charge is 0.290 e. The van der Waals surface area contributed by atoms with E-state index in [0.29, 0.717) is 18.7 Å². The van der Waals surface area contributed by atoms with Crippen molar-refractivity contribution in [1.29, 1.82) is 0 Å². The van der Waals surface area contributed by atoms with Gasteiger partial charge in [-0.1, -0.05) is 6.07 Å². The van der Waals surface area contributed by atoms with Crippen LogP contribution in [0.2, 0.25) is 0 Å². The fourth-order valence-corrected chi connectivity index (χ4v) is 4.12. The van der Waals surface area contributed by atoms with Gasteiger partial charge in [-0.2, -0.15) is 0 Å². The number of hydrogen-bond donors (Lipinski definition) is 0. The number of benzene rings is 1. The maximum Gasteiger partial charge on any atom is 0.290 e. The molecule has 0 aliphatic carbocycles. The Morgan fingerprint density at radius 3 is 2.77 bits per heavy atom. The van der Waals surface area contributed by atoms with E-state index in [0.717, 1.165) is 4.88 Å².